The van der Waals surface area contributed by atoms with E-state index in [1.165, 1.54) is 10.4 Å². The largest absolute Gasteiger partial charge is 0.379 e. The van der Waals surface area contributed by atoms with E-state index in [1.807, 2.05) is 22.9 Å². The van der Waals surface area contributed by atoms with Gasteiger partial charge >= 0.3 is 0 Å². The molecule has 8 heteroatoms. The molecule has 2 aliphatic heterocycles. The van der Waals surface area contributed by atoms with E-state index in [0.717, 1.165) is 64.2 Å². The monoisotopic (exact) mass is 476 g/mol. The van der Waals surface area contributed by atoms with Crippen molar-refractivity contribution in [3.05, 3.63) is 33.3 Å². The number of hydrogen-bond acceptors (Lipinski definition) is 7. The zero-order chi connectivity index (χ0) is 23.3. The summed E-state index contributed by atoms with van der Waals surface area (Å²) in [7, 11) is 0. The summed E-state index contributed by atoms with van der Waals surface area (Å²) >= 11 is 1.99. The van der Waals surface area contributed by atoms with Gasteiger partial charge in [-0.05, 0) is 50.7 Å². The molecule has 33 heavy (non-hydrogen) atoms. The molecule has 1 fully saturated rings. The molecule has 0 aromatic carbocycles. The highest BCUT2D eigenvalue weighted by Gasteiger charge is 2.44. The van der Waals surface area contributed by atoms with Gasteiger partial charge in [-0.1, -0.05) is 19.1 Å². The molecule has 0 N–H and O–H groups in total. The van der Waals surface area contributed by atoms with Crippen LogP contribution in [-0.4, -0.2) is 65.5 Å². The number of thiophene rings is 1. The van der Waals surface area contributed by atoms with E-state index in [0.29, 0.717) is 31.8 Å². The molecule has 4 heterocycles. The van der Waals surface area contributed by atoms with E-state index in [4.69, 9.17) is 14.2 Å². The minimum atomic E-state index is -0.0946. The summed E-state index contributed by atoms with van der Waals surface area (Å²) in [4.78, 5) is 5.58. The van der Waals surface area contributed by atoms with Crippen LogP contribution in [0.4, 0.5) is 0 Å². The maximum Gasteiger partial charge on any atom is 0.0969 e. The average molecular weight is 477 g/mol. The Balaban J connectivity index is 1.29. The van der Waals surface area contributed by atoms with Crippen molar-refractivity contribution in [2.24, 2.45) is 5.92 Å². The fourth-order valence-corrected chi connectivity index (χ4v) is 6.32. The number of ether oxygens (including phenoxy) is 3. The summed E-state index contributed by atoms with van der Waals surface area (Å²) < 4.78 is 19.5. The Morgan fingerprint density at radius 3 is 2.94 bits per heavy atom. The zero-order valence-corrected chi connectivity index (χ0v) is 21.5. The molecule has 0 aliphatic carbocycles. The highest BCUT2D eigenvalue weighted by Crippen LogP contribution is 2.46. The Labute approximate surface area is 202 Å². The maximum atomic E-state index is 6.49. The predicted octanol–water partition coefficient (Wildman–Crippen LogP) is 4.04. The number of nitrogens with zero attached hydrogens (tertiary/aromatic N) is 4. The topological polar surface area (TPSA) is 61.6 Å². The van der Waals surface area contributed by atoms with Crippen LogP contribution in [0.3, 0.4) is 0 Å². The summed E-state index contributed by atoms with van der Waals surface area (Å²) in [5, 5.41) is 8.82. The van der Waals surface area contributed by atoms with Gasteiger partial charge in [0.05, 0.1) is 37.7 Å². The molecular formula is C25H40N4O3S. The van der Waals surface area contributed by atoms with Crippen LogP contribution < -0.4 is 0 Å². The van der Waals surface area contributed by atoms with E-state index >= 15 is 0 Å². The number of aromatic nitrogens is 3. The first-order chi connectivity index (χ1) is 16.0. The smallest absolute Gasteiger partial charge is 0.0969 e. The van der Waals surface area contributed by atoms with Crippen LogP contribution in [0, 0.1) is 5.92 Å². The summed E-state index contributed by atoms with van der Waals surface area (Å²) in [5.41, 5.74) is 2.42. The number of aryl methyl sites for hydroxylation is 1. The first-order valence-corrected chi connectivity index (χ1v) is 13.4. The van der Waals surface area contributed by atoms with E-state index in [-0.39, 0.29) is 5.60 Å². The number of rotatable bonds is 11. The van der Waals surface area contributed by atoms with E-state index < -0.39 is 0 Å². The first-order valence-electron chi connectivity index (χ1n) is 12.6. The second kappa shape index (κ2) is 11.4. The van der Waals surface area contributed by atoms with Crippen molar-refractivity contribution in [2.45, 2.75) is 78.1 Å². The van der Waals surface area contributed by atoms with Crippen LogP contribution in [0.25, 0.3) is 0 Å². The summed E-state index contributed by atoms with van der Waals surface area (Å²) in [5.74, 6) is 0.381. The molecule has 2 aromatic rings. The van der Waals surface area contributed by atoms with Crippen LogP contribution in [0.1, 0.15) is 61.5 Å². The minimum Gasteiger partial charge on any atom is -0.379 e. The lowest BCUT2D eigenvalue weighted by molar-refractivity contribution is -0.112. The number of piperidine rings is 1. The van der Waals surface area contributed by atoms with Crippen LogP contribution in [0.15, 0.2) is 12.3 Å². The summed E-state index contributed by atoms with van der Waals surface area (Å²) in [6.45, 7) is 15.0. The molecule has 1 spiro atoms. The van der Waals surface area contributed by atoms with Crippen molar-refractivity contribution in [1.29, 1.82) is 0 Å². The Morgan fingerprint density at radius 1 is 1.30 bits per heavy atom. The van der Waals surface area contributed by atoms with Gasteiger partial charge in [-0.15, -0.1) is 16.4 Å². The average Bonchev–Trinajstić information content (AvgIpc) is 3.43. The van der Waals surface area contributed by atoms with E-state index in [1.54, 1.807) is 4.88 Å². The van der Waals surface area contributed by atoms with Crippen molar-refractivity contribution in [3.63, 3.8) is 0 Å². The number of likely N-dealkylation sites (tertiary alicyclic amines) is 1. The normalized spacial score (nSPS) is 24.3. The molecule has 184 valence electrons. The first kappa shape index (κ1) is 24.8. The third-order valence-electron chi connectivity index (χ3n) is 6.89. The van der Waals surface area contributed by atoms with Crippen LogP contribution in [0.2, 0.25) is 0 Å². The van der Waals surface area contributed by atoms with Gasteiger partial charge in [-0.2, -0.15) is 0 Å². The minimum absolute atomic E-state index is 0.0946. The number of fused-ring (bicyclic) bond motifs is 2. The van der Waals surface area contributed by atoms with Gasteiger partial charge < -0.3 is 14.2 Å². The van der Waals surface area contributed by atoms with Gasteiger partial charge in [0, 0.05) is 54.7 Å². The van der Waals surface area contributed by atoms with E-state index in [9.17, 15) is 0 Å². The summed E-state index contributed by atoms with van der Waals surface area (Å²) in [6.07, 6.45) is 6.37. The van der Waals surface area contributed by atoms with Gasteiger partial charge in [-0.25, -0.2) is 0 Å². The lowest BCUT2D eigenvalue weighted by Gasteiger charge is -2.47. The van der Waals surface area contributed by atoms with Crippen molar-refractivity contribution >= 4 is 11.3 Å². The van der Waals surface area contributed by atoms with Gasteiger partial charge in [0.1, 0.15) is 0 Å². The van der Waals surface area contributed by atoms with Crippen molar-refractivity contribution in [3.8, 4) is 0 Å². The quantitative estimate of drug-likeness (QED) is 0.456. The van der Waals surface area contributed by atoms with Crippen LogP contribution in [-0.2, 0) is 45.7 Å². The van der Waals surface area contributed by atoms with Crippen LogP contribution >= 0.6 is 11.3 Å². The molecule has 3 atom stereocenters. The molecule has 0 radical (unpaired) electrons. The second-order valence-corrected chi connectivity index (χ2v) is 10.8. The second-order valence-electron chi connectivity index (χ2n) is 9.58. The van der Waals surface area contributed by atoms with Crippen molar-refractivity contribution in [1.82, 2.24) is 19.9 Å². The summed E-state index contributed by atoms with van der Waals surface area (Å²) in [6, 6.07) is 2.87. The molecule has 2 aliphatic rings. The molecule has 0 saturated carbocycles. The van der Waals surface area contributed by atoms with Gasteiger partial charge in [0.2, 0.25) is 0 Å². The molecule has 4 rings (SSSR count). The molecular weight excluding hydrogens is 436 g/mol. The highest BCUT2D eigenvalue weighted by molar-refractivity contribution is 7.12. The maximum absolute atomic E-state index is 6.49. The van der Waals surface area contributed by atoms with Gasteiger partial charge in [-0.3, -0.25) is 9.58 Å². The highest BCUT2D eigenvalue weighted by atomic mass is 32.1. The standard InChI is InChI=1S/C25H40N4O3S/c1-5-22-13-23-24(33-22)7-10-32-25(23)8-9-28(20(4)14-25)16-21-17-29(27-26-21)15-19(3)18-31-12-11-30-6-2/h13,17,19-20H,5-12,14-16,18H2,1-4H3/t19?,20-,25+/m0/s1. The third kappa shape index (κ3) is 6.03. The Morgan fingerprint density at radius 2 is 2.15 bits per heavy atom. The zero-order valence-electron chi connectivity index (χ0n) is 20.7. The van der Waals surface area contributed by atoms with E-state index in [2.05, 4.69) is 48.2 Å². The molecule has 0 bridgehead atoms. The predicted molar refractivity (Wildman–Crippen MR) is 131 cm³/mol. The molecule has 2 aromatic heterocycles. The van der Waals surface area contributed by atoms with Crippen molar-refractivity contribution in [2.75, 3.05) is 39.6 Å². The van der Waals surface area contributed by atoms with Gasteiger partial charge in [0.25, 0.3) is 0 Å². The molecule has 1 unspecified atom stereocenters. The lowest BCUT2D eigenvalue weighted by atomic mass is 9.79. The Bertz CT molecular complexity index is 885. The lowest BCUT2D eigenvalue weighted by Crippen LogP contribution is -2.50. The SMILES string of the molecule is CCOCCOCC(C)Cn1cc(CN2CC[C@]3(C[C@@H]2C)OCCc2sc(CC)cc23)nn1. The molecule has 7 nitrogen and oxygen atoms in total. The Hall–Kier alpha value is -1.32. The van der Waals surface area contributed by atoms with Crippen LogP contribution in [0.5, 0.6) is 0 Å². The molecule has 1 saturated heterocycles. The number of hydrogen-bond donors (Lipinski definition) is 0. The van der Waals surface area contributed by atoms with Gasteiger partial charge in [0.15, 0.2) is 0 Å². The fraction of sp³-hybridized carbons (Fsp3) is 0.760. The third-order valence-corrected chi connectivity index (χ3v) is 8.23. The molecule has 0 amide bonds. The fourth-order valence-electron chi connectivity index (χ4n) is 5.14. The van der Waals surface area contributed by atoms with Crippen molar-refractivity contribution < 1.29 is 14.2 Å². The Kier molecular flexibility index (Phi) is 8.57.